The number of nitrogens with one attached hydrogen (secondary N) is 1. The third-order valence-corrected chi connectivity index (χ3v) is 6.79. The zero-order valence-corrected chi connectivity index (χ0v) is 16.1. The molecule has 0 aromatic heterocycles. The molecular weight excluding hydrogens is 334 g/mol. The summed E-state index contributed by atoms with van der Waals surface area (Å²) in [5.41, 5.74) is -0.368. The first-order valence-corrected chi connectivity index (χ1v) is 9.91. The molecule has 4 aliphatic carbocycles. The third kappa shape index (κ3) is 3.74. The molecule has 0 unspecified atom stereocenters. The van der Waals surface area contributed by atoms with Crippen molar-refractivity contribution in [1.82, 2.24) is 5.32 Å². The molecule has 4 bridgehead atoms. The maximum absolute atomic E-state index is 12.8. The van der Waals surface area contributed by atoms with Crippen molar-refractivity contribution in [3.8, 4) is 0 Å². The molecule has 1 amide bonds. The van der Waals surface area contributed by atoms with Crippen LogP contribution in [0.3, 0.4) is 0 Å². The standard InChI is InChI=1S/C20H31NO5/c1-4-12(2)17(18(23)25-3)21-16(22)11-26-19(24)20-8-13-5-14(9-20)7-15(6-13)10-20/h12-15,17H,4-11H2,1-3H3,(H,21,22)/t12-,13?,14?,15?,17-,20?/m1/s1. The lowest BCUT2D eigenvalue weighted by Crippen LogP contribution is -2.51. The van der Waals surface area contributed by atoms with E-state index in [-0.39, 0.29) is 23.9 Å². The maximum Gasteiger partial charge on any atom is 0.328 e. The number of hydrogen-bond acceptors (Lipinski definition) is 5. The van der Waals surface area contributed by atoms with Crippen LogP contribution in [0.25, 0.3) is 0 Å². The quantitative estimate of drug-likeness (QED) is 0.701. The first kappa shape index (κ1) is 19.2. The smallest absolute Gasteiger partial charge is 0.328 e. The summed E-state index contributed by atoms with van der Waals surface area (Å²) < 4.78 is 10.2. The van der Waals surface area contributed by atoms with Gasteiger partial charge in [-0.1, -0.05) is 20.3 Å². The van der Waals surface area contributed by atoms with E-state index in [0.29, 0.717) is 17.8 Å². The fraction of sp³-hybridized carbons (Fsp3) is 0.850. The fourth-order valence-electron chi connectivity index (χ4n) is 5.66. The average Bonchev–Trinajstić information content (AvgIpc) is 2.61. The van der Waals surface area contributed by atoms with Crippen molar-refractivity contribution >= 4 is 17.8 Å². The van der Waals surface area contributed by atoms with Crippen molar-refractivity contribution in [3.63, 3.8) is 0 Å². The van der Waals surface area contributed by atoms with E-state index in [4.69, 9.17) is 9.47 Å². The summed E-state index contributed by atoms with van der Waals surface area (Å²) >= 11 is 0. The molecule has 0 aromatic rings. The molecule has 6 nitrogen and oxygen atoms in total. The minimum Gasteiger partial charge on any atom is -0.467 e. The predicted octanol–water partition coefficient (Wildman–Crippen LogP) is 2.45. The van der Waals surface area contributed by atoms with Crippen LogP contribution < -0.4 is 5.32 Å². The summed E-state index contributed by atoms with van der Waals surface area (Å²) in [7, 11) is 1.30. The Bertz CT molecular complexity index is 537. The molecule has 4 aliphatic rings. The van der Waals surface area contributed by atoms with Crippen LogP contribution in [-0.2, 0) is 23.9 Å². The number of rotatable bonds is 7. The number of methoxy groups -OCH3 is 1. The Balaban J connectivity index is 1.54. The van der Waals surface area contributed by atoms with Crippen LogP contribution in [0.4, 0.5) is 0 Å². The van der Waals surface area contributed by atoms with E-state index in [2.05, 4.69) is 5.32 Å². The van der Waals surface area contributed by atoms with Crippen LogP contribution >= 0.6 is 0 Å². The highest BCUT2D eigenvalue weighted by atomic mass is 16.5. The topological polar surface area (TPSA) is 81.7 Å². The molecule has 4 rings (SSSR count). The van der Waals surface area contributed by atoms with Gasteiger partial charge in [-0.15, -0.1) is 0 Å². The SMILES string of the molecule is CC[C@@H](C)[C@@H](NC(=O)COC(=O)C12CC3CC(CC(C3)C1)C2)C(=O)OC. The van der Waals surface area contributed by atoms with Gasteiger partial charge in [-0.2, -0.15) is 0 Å². The molecule has 0 radical (unpaired) electrons. The summed E-state index contributed by atoms with van der Waals surface area (Å²) in [5.74, 6) is 0.763. The second-order valence-corrected chi connectivity index (χ2v) is 8.73. The molecule has 4 saturated carbocycles. The number of esters is 2. The van der Waals surface area contributed by atoms with E-state index in [1.54, 1.807) is 0 Å². The molecule has 6 heteroatoms. The Morgan fingerprint density at radius 1 is 1.08 bits per heavy atom. The first-order valence-electron chi connectivity index (χ1n) is 9.91. The highest BCUT2D eigenvalue weighted by Gasteiger charge is 2.55. The fourth-order valence-corrected chi connectivity index (χ4v) is 5.66. The van der Waals surface area contributed by atoms with Crippen LogP contribution in [-0.4, -0.2) is 37.6 Å². The summed E-state index contributed by atoms with van der Waals surface area (Å²) in [6, 6.07) is -0.712. The van der Waals surface area contributed by atoms with Crippen molar-refractivity contribution in [2.24, 2.45) is 29.1 Å². The van der Waals surface area contributed by atoms with Crippen molar-refractivity contribution in [2.75, 3.05) is 13.7 Å². The lowest BCUT2D eigenvalue weighted by molar-refractivity contribution is -0.173. The van der Waals surface area contributed by atoms with Gasteiger partial charge in [0.1, 0.15) is 6.04 Å². The van der Waals surface area contributed by atoms with E-state index in [1.165, 1.54) is 26.4 Å². The predicted molar refractivity (Wildman–Crippen MR) is 95.0 cm³/mol. The zero-order valence-electron chi connectivity index (χ0n) is 16.1. The first-order chi connectivity index (χ1) is 12.4. The summed E-state index contributed by atoms with van der Waals surface area (Å²) in [6.07, 6.45) is 7.23. The molecular formula is C20H31NO5. The Hall–Kier alpha value is -1.59. The molecule has 0 saturated heterocycles. The van der Waals surface area contributed by atoms with Gasteiger partial charge in [0.05, 0.1) is 12.5 Å². The molecule has 0 spiro atoms. The Morgan fingerprint density at radius 3 is 2.08 bits per heavy atom. The van der Waals surface area contributed by atoms with Gasteiger partial charge in [0, 0.05) is 0 Å². The maximum atomic E-state index is 12.8. The van der Waals surface area contributed by atoms with Gasteiger partial charge in [-0.05, 0) is 62.2 Å². The van der Waals surface area contributed by atoms with E-state index in [0.717, 1.165) is 25.7 Å². The average molecular weight is 365 g/mol. The Morgan fingerprint density at radius 2 is 1.62 bits per heavy atom. The minimum absolute atomic E-state index is 0.0507. The Labute approximate surface area is 155 Å². The number of amides is 1. The van der Waals surface area contributed by atoms with Crippen LogP contribution in [0.1, 0.15) is 58.8 Å². The van der Waals surface area contributed by atoms with Gasteiger partial charge in [0.15, 0.2) is 6.61 Å². The van der Waals surface area contributed by atoms with Gasteiger partial charge in [-0.25, -0.2) is 4.79 Å². The Kier molecular flexibility index (Phi) is 5.58. The van der Waals surface area contributed by atoms with Gasteiger partial charge < -0.3 is 14.8 Å². The molecule has 2 atom stereocenters. The summed E-state index contributed by atoms with van der Waals surface area (Å²) in [6.45, 7) is 3.49. The molecule has 26 heavy (non-hydrogen) atoms. The molecule has 0 heterocycles. The van der Waals surface area contributed by atoms with Gasteiger partial charge in [0.2, 0.25) is 0 Å². The third-order valence-electron chi connectivity index (χ3n) is 6.79. The van der Waals surface area contributed by atoms with Crippen LogP contribution in [0.15, 0.2) is 0 Å². The van der Waals surface area contributed by atoms with Crippen molar-refractivity contribution in [1.29, 1.82) is 0 Å². The second-order valence-electron chi connectivity index (χ2n) is 8.73. The van der Waals surface area contributed by atoms with Gasteiger partial charge in [-0.3, -0.25) is 9.59 Å². The van der Waals surface area contributed by atoms with E-state index in [1.807, 2.05) is 13.8 Å². The molecule has 146 valence electrons. The summed E-state index contributed by atoms with van der Waals surface area (Å²) in [4.78, 5) is 36.9. The van der Waals surface area contributed by atoms with Crippen molar-refractivity contribution in [3.05, 3.63) is 0 Å². The highest BCUT2D eigenvalue weighted by molar-refractivity contribution is 5.87. The monoisotopic (exact) mass is 365 g/mol. The van der Waals surface area contributed by atoms with Crippen LogP contribution in [0, 0.1) is 29.1 Å². The minimum atomic E-state index is -0.712. The molecule has 0 aromatic carbocycles. The molecule has 0 aliphatic heterocycles. The number of hydrogen-bond donors (Lipinski definition) is 1. The summed E-state index contributed by atoms with van der Waals surface area (Å²) in [5, 5.41) is 2.66. The number of ether oxygens (including phenoxy) is 2. The second kappa shape index (κ2) is 7.57. The lowest BCUT2D eigenvalue weighted by Gasteiger charge is -2.55. The van der Waals surface area contributed by atoms with Crippen LogP contribution in [0.2, 0.25) is 0 Å². The van der Waals surface area contributed by atoms with E-state index < -0.39 is 17.9 Å². The molecule has 1 N–H and O–H groups in total. The van der Waals surface area contributed by atoms with Gasteiger partial charge >= 0.3 is 11.9 Å². The largest absolute Gasteiger partial charge is 0.467 e. The number of carbonyl (C=O) groups is 3. The normalized spacial score (nSPS) is 34.0. The lowest BCUT2D eigenvalue weighted by atomic mass is 9.49. The van der Waals surface area contributed by atoms with E-state index >= 15 is 0 Å². The highest BCUT2D eigenvalue weighted by Crippen LogP contribution is 2.60. The van der Waals surface area contributed by atoms with E-state index in [9.17, 15) is 14.4 Å². The van der Waals surface area contributed by atoms with Crippen molar-refractivity contribution < 1.29 is 23.9 Å². The zero-order chi connectivity index (χ0) is 18.9. The van der Waals surface area contributed by atoms with Crippen LogP contribution in [0.5, 0.6) is 0 Å². The van der Waals surface area contributed by atoms with Crippen molar-refractivity contribution in [2.45, 2.75) is 64.8 Å². The van der Waals surface area contributed by atoms with Gasteiger partial charge in [0.25, 0.3) is 5.91 Å². The number of carbonyl (C=O) groups excluding carboxylic acids is 3. The molecule has 4 fully saturated rings.